The Balaban J connectivity index is 1.82. The van der Waals surface area contributed by atoms with E-state index in [2.05, 4.69) is 22.6 Å². The van der Waals surface area contributed by atoms with Crippen molar-refractivity contribution in [3.05, 3.63) is 0 Å². The maximum absolute atomic E-state index is 12.3. The Morgan fingerprint density at radius 1 is 1.15 bits per heavy atom. The van der Waals surface area contributed by atoms with Gasteiger partial charge in [0.15, 0.2) is 0 Å². The van der Waals surface area contributed by atoms with Crippen LogP contribution in [0, 0.1) is 17.2 Å². The van der Waals surface area contributed by atoms with Crippen LogP contribution in [0.4, 0.5) is 0 Å². The fourth-order valence-corrected chi connectivity index (χ4v) is 4.32. The van der Waals surface area contributed by atoms with Crippen molar-refractivity contribution in [3.8, 4) is 6.07 Å². The molecule has 1 N–H and O–H groups in total. The van der Waals surface area contributed by atoms with Gasteiger partial charge in [-0.15, -0.1) is 0 Å². The van der Waals surface area contributed by atoms with Crippen LogP contribution in [0.1, 0.15) is 32.6 Å². The Bertz CT molecular complexity index is 443. The van der Waals surface area contributed by atoms with Gasteiger partial charge in [-0.1, -0.05) is 6.92 Å². The summed E-state index contributed by atoms with van der Waals surface area (Å²) in [7, 11) is -3.34. The third-order valence-electron chi connectivity index (χ3n) is 4.28. The molecule has 0 saturated carbocycles. The van der Waals surface area contributed by atoms with Crippen LogP contribution in [-0.4, -0.2) is 56.4 Å². The molecule has 2 saturated heterocycles. The third-order valence-corrected chi connectivity index (χ3v) is 5.96. The summed E-state index contributed by atoms with van der Waals surface area (Å²) in [4.78, 5) is 2.06. The number of piperidine rings is 2. The Morgan fingerprint density at radius 3 is 2.30 bits per heavy atom. The van der Waals surface area contributed by atoms with Crippen molar-refractivity contribution in [3.63, 3.8) is 0 Å². The normalized spacial score (nSPS) is 24.6. The summed E-state index contributed by atoms with van der Waals surface area (Å²) in [6.07, 6.45) is 3.46. The molecule has 0 aromatic rings. The smallest absolute Gasteiger partial charge is 0.279 e. The highest BCUT2D eigenvalue weighted by molar-refractivity contribution is 7.87. The van der Waals surface area contributed by atoms with E-state index in [1.165, 1.54) is 0 Å². The monoisotopic (exact) mass is 300 g/mol. The average molecular weight is 300 g/mol. The van der Waals surface area contributed by atoms with Gasteiger partial charge in [0, 0.05) is 32.2 Å². The highest BCUT2D eigenvalue weighted by Crippen LogP contribution is 2.19. The first-order valence-corrected chi connectivity index (χ1v) is 8.82. The van der Waals surface area contributed by atoms with Gasteiger partial charge < -0.3 is 0 Å². The molecule has 114 valence electrons. The molecule has 0 aromatic carbocycles. The summed E-state index contributed by atoms with van der Waals surface area (Å²) in [5, 5.41) is 8.65. The number of hydrogen-bond acceptors (Lipinski definition) is 4. The van der Waals surface area contributed by atoms with Gasteiger partial charge in [-0.3, -0.25) is 4.90 Å². The Morgan fingerprint density at radius 2 is 1.75 bits per heavy atom. The standard InChI is InChI=1S/C13H24N4O2S/c1-12-2-9-17(10-3-12)20(18,19)15-13-4-7-16(8-5-13)11-6-14/h12-13,15H,2-5,7-11H2,1H3. The summed E-state index contributed by atoms with van der Waals surface area (Å²) in [5.74, 6) is 0.621. The van der Waals surface area contributed by atoms with Crippen LogP contribution >= 0.6 is 0 Å². The molecular formula is C13H24N4O2S. The highest BCUT2D eigenvalue weighted by atomic mass is 32.2. The van der Waals surface area contributed by atoms with Crippen molar-refractivity contribution in [1.29, 1.82) is 5.26 Å². The molecule has 2 fully saturated rings. The van der Waals surface area contributed by atoms with E-state index in [0.29, 0.717) is 25.6 Å². The number of likely N-dealkylation sites (tertiary alicyclic amines) is 1. The van der Waals surface area contributed by atoms with Crippen LogP contribution in [0.15, 0.2) is 0 Å². The zero-order valence-electron chi connectivity index (χ0n) is 12.1. The second-order valence-electron chi connectivity index (χ2n) is 5.91. The van der Waals surface area contributed by atoms with Crippen LogP contribution in [0.5, 0.6) is 0 Å². The zero-order chi connectivity index (χ0) is 14.6. The minimum Gasteiger partial charge on any atom is -0.290 e. The SMILES string of the molecule is CC1CCN(S(=O)(=O)NC2CCN(CC#N)CC2)CC1. The molecule has 20 heavy (non-hydrogen) atoms. The molecule has 0 aromatic heterocycles. The Kier molecular flexibility index (Phi) is 5.38. The molecule has 0 unspecified atom stereocenters. The molecule has 6 nitrogen and oxygen atoms in total. The molecule has 2 aliphatic heterocycles. The highest BCUT2D eigenvalue weighted by Gasteiger charge is 2.29. The molecule has 0 aliphatic carbocycles. The van der Waals surface area contributed by atoms with Gasteiger partial charge in [0.25, 0.3) is 10.2 Å². The topological polar surface area (TPSA) is 76.4 Å². The van der Waals surface area contributed by atoms with Gasteiger partial charge in [0.05, 0.1) is 12.6 Å². The van der Waals surface area contributed by atoms with E-state index in [-0.39, 0.29) is 6.04 Å². The Hall–Kier alpha value is -0.680. The summed E-state index contributed by atoms with van der Waals surface area (Å²) in [6.45, 7) is 5.44. The first kappa shape index (κ1) is 15.7. The molecule has 0 spiro atoms. The van der Waals surface area contributed by atoms with E-state index >= 15 is 0 Å². The molecule has 0 amide bonds. The van der Waals surface area contributed by atoms with E-state index in [4.69, 9.17) is 5.26 Å². The summed E-state index contributed by atoms with van der Waals surface area (Å²) in [5.41, 5.74) is 0. The lowest BCUT2D eigenvalue weighted by molar-refractivity contribution is 0.224. The van der Waals surface area contributed by atoms with Crippen LogP contribution in [-0.2, 0) is 10.2 Å². The predicted octanol–water partition coefficient (Wildman–Crippen LogP) is 0.541. The van der Waals surface area contributed by atoms with Crippen molar-refractivity contribution in [2.75, 3.05) is 32.7 Å². The number of rotatable bonds is 4. The number of hydrogen-bond donors (Lipinski definition) is 1. The lowest BCUT2D eigenvalue weighted by atomic mass is 10.0. The second kappa shape index (κ2) is 6.85. The predicted molar refractivity (Wildman–Crippen MR) is 77.1 cm³/mol. The fourth-order valence-electron chi connectivity index (χ4n) is 2.82. The van der Waals surface area contributed by atoms with Crippen LogP contribution < -0.4 is 4.72 Å². The lowest BCUT2D eigenvalue weighted by Gasteiger charge is -2.34. The molecule has 0 atom stereocenters. The molecule has 2 heterocycles. The van der Waals surface area contributed by atoms with Crippen LogP contribution in [0.3, 0.4) is 0 Å². The lowest BCUT2D eigenvalue weighted by Crippen LogP contribution is -2.51. The summed E-state index contributed by atoms with van der Waals surface area (Å²) >= 11 is 0. The first-order chi connectivity index (χ1) is 9.51. The van der Waals surface area contributed by atoms with Gasteiger partial charge in [-0.05, 0) is 31.6 Å². The molecular weight excluding hydrogens is 276 g/mol. The zero-order valence-corrected chi connectivity index (χ0v) is 12.9. The fraction of sp³-hybridized carbons (Fsp3) is 0.923. The maximum Gasteiger partial charge on any atom is 0.279 e. The van der Waals surface area contributed by atoms with Crippen molar-refractivity contribution in [2.45, 2.75) is 38.6 Å². The maximum atomic E-state index is 12.3. The number of nitriles is 1. The quantitative estimate of drug-likeness (QED) is 0.769. The molecule has 0 bridgehead atoms. The largest absolute Gasteiger partial charge is 0.290 e. The minimum absolute atomic E-state index is 0.00860. The van der Waals surface area contributed by atoms with E-state index in [1.54, 1.807) is 4.31 Å². The Labute approximate surface area is 121 Å². The molecule has 2 rings (SSSR count). The summed E-state index contributed by atoms with van der Waals surface area (Å²) < 4.78 is 29.0. The number of nitrogens with one attached hydrogen (secondary N) is 1. The summed E-state index contributed by atoms with van der Waals surface area (Å²) in [6, 6.07) is 2.14. The van der Waals surface area contributed by atoms with Gasteiger partial charge in [0.1, 0.15) is 0 Å². The minimum atomic E-state index is -3.34. The molecule has 7 heteroatoms. The van der Waals surface area contributed by atoms with Crippen molar-refractivity contribution in [2.24, 2.45) is 5.92 Å². The van der Waals surface area contributed by atoms with Gasteiger partial charge in [0.2, 0.25) is 0 Å². The first-order valence-electron chi connectivity index (χ1n) is 7.38. The van der Waals surface area contributed by atoms with Gasteiger partial charge >= 0.3 is 0 Å². The van der Waals surface area contributed by atoms with Gasteiger partial charge in [-0.25, -0.2) is 0 Å². The van der Waals surface area contributed by atoms with Crippen molar-refractivity contribution in [1.82, 2.24) is 13.9 Å². The van der Waals surface area contributed by atoms with E-state index in [1.807, 2.05) is 0 Å². The molecule has 2 aliphatic rings. The molecule has 0 radical (unpaired) electrons. The van der Waals surface area contributed by atoms with Crippen molar-refractivity contribution < 1.29 is 8.42 Å². The average Bonchev–Trinajstić information content (AvgIpc) is 2.41. The van der Waals surface area contributed by atoms with E-state index < -0.39 is 10.2 Å². The second-order valence-corrected chi connectivity index (χ2v) is 7.62. The van der Waals surface area contributed by atoms with Gasteiger partial charge in [-0.2, -0.15) is 22.7 Å². The number of nitrogens with zero attached hydrogens (tertiary/aromatic N) is 3. The van der Waals surface area contributed by atoms with Crippen LogP contribution in [0.2, 0.25) is 0 Å². The van der Waals surface area contributed by atoms with E-state index in [9.17, 15) is 8.42 Å². The third kappa shape index (κ3) is 4.16. The van der Waals surface area contributed by atoms with Crippen molar-refractivity contribution >= 4 is 10.2 Å². The van der Waals surface area contributed by atoms with Crippen LogP contribution in [0.25, 0.3) is 0 Å². The van der Waals surface area contributed by atoms with E-state index in [0.717, 1.165) is 38.8 Å².